The largest absolute Gasteiger partial charge is 0.481 e. The molecular formula is C19H17FN2O3S. The molecule has 2 aromatic heterocycles. The van der Waals surface area contributed by atoms with Gasteiger partial charge in [0.2, 0.25) is 0 Å². The van der Waals surface area contributed by atoms with E-state index < -0.39 is 5.97 Å². The second-order valence-electron chi connectivity index (χ2n) is 6.43. The maximum absolute atomic E-state index is 14.1. The molecule has 0 saturated carbocycles. The van der Waals surface area contributed by atoms with Gasteiger partial charge >= 0.3 is 5.97 Å². The molecule has 0 fully saturated rings. The van der Waals surface area contributed by atoms with Crippen LogP contribution in [0.1, 0.15) is 34.7 Å². The molecule has 0 unspecified atom stereocenters. The predicted molar refractivity (Wildman–Crippen MR) is 97.4 cm³/mol. The van der Waals surface area contributed by atoms with Crippen LogP contribution in [0.3, 0.4) is 0 Å². The van der Waals surface area contributed by atoms with Gasteiger partial charge in [-0.1, -0.05) is 18.2 Å². The van der Waals surface area contributed by atoms with Crippen LogP contribution in [0.4, 0.5) is 4.39 Å². The highest BCUT2D eigenvalue weighted by Gasteiger charge is 2.23. The van der Waals surface area contributed by atoms with E-state index in [4.69, 9.17) is 5.11 Å². The quantitative estimate of drug-likeness (QED) is 0.747. The zero-order valence-corrected chi connectivity index (χ0v) is 14.8. The highest BCUT2D eigenvalue weighted by molar-refractivity contribution is 7.18. The average molecular weight is 372 g/mol. The van der Waals surface area contributed by atoms with Crippen molar-refractivity contribution in [3.8, 4) is 0 Å². The van der Waals surface area contributed by atoms with Gasteiger partial charge in [-0.05, 0) is 36.5 Å². The lowest BCUT2D eigenvalue weighted by Gasteiger charge is -2.12. The highest BCUT2D eigenvalue weighted by atomic mass is 32.1. The van der Waals surface area contributed by atoms with Crippen LogP contribution >= 0.6 is 11.3 Å². The molecule has 134 valence electrons. The maximum Gasteiger partial charge on any atom is 0.305 e. The van der Waals surface area contributed by atoms with Gasteiger partial charge in [-0.25, -0.2) is 9.37 Å². The van der Waals surface area contributed by atoms with Crippen molar-refractivity contribution in [3.05, 3.63) is 62.3 Å². The molecule has 0 amide bonds. The molecule has 3 aromatic rings. The van der Waals surface area contributed by atoms with Gasteiger partial charge in [0.1, 0.15) is 16.5 Å². The molecular weight excluding hydrogens is 355 g/mol. The van der Waals surface area contributed by atoms with Gasteiger partial charge in [0, 0.05) is 17.8 Å². The predicted octanol–water partition coefficient (Wildman–Crippen LogP) is 3.15. The molecule has 4 rings (SSSR count). The molecule has 0 saturated heterocycles. The first-order valence-corrected chi connectivity index (χ1v) is 9.35. The van der Waals surface area contributed by atoms with Crippen molar-refractivity contribution < 1.29 is 14.3 Å². The van der Waals surface area contributed by atoms with Crippen molar-refractivity contribution in [2.24, 2.45) is 0 Å². The van der Waals surface area contributed by atoms with E-state index in [-0.39, 0.29) is 30.8 Å². The summed E-state index contributed by atoms with van der Waals surface area (Å²) in [7, 11) is 0. The van der Waals surface area contributed by atoms with Crippen LogP contribution in [0.2, 0.25) is 0 Å². The number of benzene rings is 1. The van der Waals surface area contributed by atoms with Crippen LogP contribution < -0.4 is 5.56 Å². The van der Waals surface area contributed by atoms with Crippen LogP contribution in [0.5, 0.6) is 0 Å². The van der Waals surface area contributed by atoms with E-state index in [1.807, 2.05) is 0 Å². The van der Waals surface area contributed by atoms with Gasteiger partial charge in [-0.15, -0.1) is 11.3 Å². The molecule has 1 aliphatic carbocycles. The minimum absolute atomic E-state index is 0.0332. The third-order valence-corrected chi connectivity index (χ3v) is 5.95. The smallest absolute Gasteiger partial charge is 0.305 e. The Bertz CT molecular complexity index is 1070. The molecule has 1 N–H and O–H groups in total. The number of thiophene rings is 1. The number of carbonyl (C=O) groups is 1. The van der Waals surface area contributed by atoms with Crippen molar-refractivity contribution in [1.82, 2.24) is 9.55 Å². The Morgan fingerprint density at radius 2 is 2.12 bits per heavy atom. The molecule has 0 bridgehead atoms. The summed E-state index contributed by atoms with van der Waals surface area (Å²) >= 11 is 1.53. The minimum atomic E-state index is -0.982. The van der Waals surface area contributed by atoms with Gasteiger partial charge in [0.25, 0.3) is 5.56 Å². The average Bonchev–Trinajstić information content (AvgIpc) is 3.16. The lowest BCUT2D eigenvalue weighted by Crippen LogP contribution is -2.27. The molecule has 2 heterocycles. The Hall–Kier alpha value is -2.54. The van der Waals surface area contributed by atoms with Crippen molar-refractivity contribution >= 4 is 27.5 Å². The number of hydrogen-bond acceptors (Lipinski definition) is 4. The van der Waals surface area contributed by atoms with Gasteiger partial charge in [0.15, 0.2) is 0 Å². The van der Waals surface area contributed by atoms with Gasteiger partial charge in [-0.3, -0.25) is 14.2 Å². The topological polar surface area (TPSA) is 72.2 Å². The minimum Gasteiger partial charge on any atom is -0.481 e. The normalized spacial score (nSPS) is 13.3. The monoisotopic (exact) mass is 372 g/mol. The van der Waals surface area contributed by atoms with Crippen LogP contribution in [0.15, 0.2) is 29.1 Å². The molecule has 1 aromatic carbocycles. The summed E-state index contributed by atoms with van der Waals surface area (Å²) in [5.74, 6) is -0.932. The number of nitrogens with zero attached hydrogens (tertiary/aromatic N) is 2. The summed E-state index contributed by atoms with van der Waals surface area (Å²) in [6, 6.07) is 6.36. The Kier molecular flexibility index (Phi) is 4.32. The molecule has 0 radical (unpaired) electrons. The molecule has 0 atom stereocenters. The molecule has 5 nitrogen and oxygen atoms in total. The fourth-order valence-electron chi connectivity index (χ4n) is 3.50. The fraction of sp³-hybridized carbons (Fsp3) is 0.316. The number of hydrogen-bond donors (Lipinski definition) is 1. The van der Waals surface area contributed by atoms with E-state index in [0.717, 1.165) is 24.8 Å². The van der Waals surface area contributed by atoms with E-state index in [9.17, 15) is 14.0 Å². The third-order valence-electron chi connectivity index (χ3n) is 4.76. The van der Waals surface area contributed by atoms with Crippen LogP contribution in [0.25, 0.3) is 10.2 Å². The van der Waals surface area contributed by atoms with E-state index in [1.54, 1.807) is 18.2 Å². The number of halogens is 1. The number of aromatic nitrogens is 2. The van der Waals surface area contributed by atoms with Crippen LogP contribution in [0, 0.1) is 5.82 Å². The fourth-order valence-corrected chi connectivity index (χ4v) is 4.77. The van der Waals surface area contributed by atoms with Crippen LogP contribution in [-0.4, -0.2) is 20.6 Å². The van der Waals surface area contributed by atoms with Crippen molar-refractivity contribution in [2.75, 3.05) is 0 Å². The molecule has 0 aliphatic heterocycles. The number of fused-ring (bicyclic) bond motifs is 3. The van der Waals surface area contributed by atoms with Gasteiger partial charge in [-0.2, -0.15) is 0 Å². The number of aliphatic carboxylic acids is 1. The molecule has 7 heteroatoms. The van der Waals surface area contributed by atoms with Crippen molar-refractivity contribution in [3.63, 3.8) is 0 Å². The Balaban J connectivity index is 1.87. The van der Waals surface area contributed by atoms with Crippen molar-refractivity contribution in [2.45, 2.75) is 38.6 Å². The summed E-state index contributed by atoms with van der Waals surface area (Å²) < 4.78 is 15.5. The number of aryl methyl sites for hydroxylation is 2. The van der Waals surface area contributed by atoms with E-state index in [0.29, 0.717) is 21.6 Å². The zero-order valence-electron chi connectivity index (χ0n) is 14.0. The van der Waals surface area contributed by atoms with Crippen LogP contribution in [-0.2, 0) is 30.6 Å². The Morgan fingerprint density at radius 3 is 2.88 bits per heavy atom. The Labute approximate surface area is 152 Å². The first kappa shape index (κ1) is 16.9. The number of carboxylic acids is 1. The SMILES string of the molecule is O=C(O)CCn1c(Cc2ccccc2F)nc2sc3c(c2c1=O)CCC3. The van der Waals surface area contributed by atoms with E-state index >= 15 is 0 Å². The standard InChI is InChI=1S/C19H17FN2O3S/c20-13-6-2-1-4-11(13)10-15-21-18-17(12-5-3-7-14(12)26-18)19(25)22(15)9-8-16(23)24/h1-2,4,6H,3,5,7-10H2,(H,23,24). The lowest BCUT2D eigenvalue weighted by atomic mass is 10.1. The summed E-state index contributed by atoms with van der Waals surface area (Å²) in [5.41, 5.74) is 1.29. The molecule has 1 aliphatic rings. The highest BCUT2D eigenvalue weighted by Crippen LogP contribution is 2.35. The number of rotatable bonds is 5. The molecule has 26 heavy (non-hydrogen) atoms. The lowest BCUT2D eigenvalue weighted by molar-refractivity contribution is -0.137. The summed E-state index contributed by atoms with van der Waals surface area (Å²) in [6.45, 7) is 0.0332. The summed E-state index contributed by atoms with van der Waals surface area (Å²) in [6.07, 6.45) is 2.82. The molecule has 0 spiro atoms. The second kappa shape index (κ2) is 6.64. The van der Waals surface area contributed by atoms with Gasteiger partial charge in [0.05, 0.1) is 11.8 Å². The first-order chi connectivity index (χ1) is 12.5. The first-order valence-electron chi connectivity index (χ1n) is 8.53. The maximum atomic E-state index is 14.1. The van der Waals surface area contributed by atoms with Crippen molar-refractivity contribution in [1.29, 1.82) is 0 Å². The second-order valence-corrected chi connectivity index (χ2v) is 7.52. The van der Waals surface area contributed by atoms with Gasteiger partial charge < -0.3 is 5.11 Å². The van der Waals surface area contributed by atoms with E-state index in [1.165, 1.54) is 26.8 Å². The third kappa shape index (κ3) is 2.92. The summed E-state index contributed by atoms with van der Waals surface area (Å²) in [4.78, 5) is 30.6. The zero-order chi connectivity index (χ0) is 18.3. The Morgan fingerprint density at radius 1 is 1.31 bits per heavy atom. The van der Waals surface area contributed by atoms with E-state index in [2.05, 4.69) is 4.98 Å². The number of carboxylic acid groups (broad SMARTS) is 1. The summed E-state index contributed by atoms with van der Waals surface area (Å²) in [5, 5.41) is 9.64.